The number of benzene rings is 3. The zero-order valence-corrected chi connectivity index (χ0v) is 15.4. The Morgan fingerprint density at radius 1 is 1.00 bits per heavy atom. The van der Waals surface area contributed by atoms with Gasteiger partial charge in [-0.25, -0.2) is 0 Å². The fourth-order valence-corrected chi connectivity index (χ4v) is 3.36. The predicted molar refractivity (Wildman–Crippen MR) is 109 cm³/mol. The van der Waals surface area contributed by atoms with E-state index < -0.39 is 4.92 Å². The molecule has 1 aliphatic rings. The van der Waals surface area contributed by atoms with Crippen LogP contribution >= 0.6 is 0 Å². The number of nitro benzene ring substituents is 1. The lowest BCUT2D eigenvalue weighted by atomic mass is 9.98. The molecular formula is C22H19N3O3. The van der Waals surface area contributed by atoms with Gasteiger partial charge in [-0.15, -0.1) is 0 Å². The van der Waals surface area contributed by atoms with Crippen LogP contribution < -0.4 is 9.75 Å². The number of rotatable bonds is 5. The molecule has 1 unspecified atom stereocenters. The zero-order valence-electron chi connectivity index (χ0n) is 15.4. The molecule has 0 amide bonds. The predicted octanol–water partition coefficient (Wildman–Crippen LogP) is 4.96. The van der Waals surface area contributed by atoms with E-state index in [1.807, 2.05) is 59.6 Å². The molecule has 28 heavy (non-hydrogen) atoms. The highest BCUT2D eigenvalue weighted by molar-refractivity contribution is 6.03. The van der Waals surface area contributed by atoms with E-state index >= 15 is 0 Å². The van der Waals surface area contributed by atoms with E-state index in [1.54, 1.807) is 19.2 Å². The largest absolute Gasteiger partial charge is 0.497 e. The van der Waals surface area contributed by atoms with Gasteiger partial charge in [-0.05, 0) is 47.5 Å². The van der Waals surface area contributed by atoms with Crippen LogP contribution in [0.25, 0.3) is 0 Å². The lowest BCUT2D eigenvalue weighted by Crippen LogP contribution is -2.18. The number of hydrazone groups is 1. The van der Waals surface area contributed by atoms with Gasteiger partial charge in [0.25, 0.3) is 5.69 Å². The highest BCUT2D eigenvalue weighted by atomic mass is 16.6. The molecule has 6 heteroatoms. The summed E-state index contributed by atoms with van der Waals surface area (Å²) in [4.78, 5) is 10.5. The topological polar surface area (TPSA) is 68.0 Å². The molecule has 1 atom stereocenters. The normalized spacial score (nSPS) is 16.0. The average molecular weight is 373 g/mol. The van der Waals surface area contributed by atoms with Gasteiger partial charge >= 0.3 is 0 Å². The number of para-hydroxylation sites is 1. The van der Waals surface area contributed by atoms with Crippen LogP contribution in [0.4, 0.5) is 11.4 Å². The molecule has 0 spiro atoms. The Balaban J connectivity index is 1.69. The van der Waals surface area contributed by atoms with Crippen molar-refractivity contribution in [2.45, 2.75) is 12.5 Å². The molecule has 0 N–H and O–H groups in total. The van der Waals surface area contributed by atoms with Crippen molar-refractivity contribution in [3.8, 4) is 5.75 Å². The van der Waals surface area contributed by atoms with Crippen molar-refractivity contribution in [2.24, 2.45) is 5.10 Å². The smallest absolute Gasteiger partial charge is 0.269 e. The van der Waals surface area contributed by atoms with E-state index in [0.29, 0.717) is 6.42 Å². The van der Waals surface area contributed by atoms with Gasteiger partial charge in [-0.1, -0.05) is 30.3 Å². The lowest BCUT2D eigenvalue weighted by molar-refractivity contribution is -0.384. The summed E-state index contributed by atoms with van der Waals surface area (Å²) in [5.74, 6) is 0.810. The number of nitro groups is 1. The second-order valence-electron chi connectivity index (χ2n) is 6.52. The molecule has 3 aromatic rings. The van der Waals surface area contributed by atoms with Crippen molar-refractivity contribution in [1.82, 2.24) is 0 Å². The van der Waals surface area contributed by atoms with Gasteiger partial charge in [0.15, 0.2) is 0 Å². The van der Waals surface area contributed by atoms with E-state index in [4.69, 9.17) is 9.84 Å². The third-order valence-corrected chi connectivity index (χ3v) is 4.84. The van der Waals surface area contributed by atoms with E-state index in [-0.39, 0.29) is 11.7 Å². The van der Waals surface area contributed by atoms with Crippen LogP contribution in [0.5, 0.6) is 5.75 Å². The number of anilines is 1. The van der Waals surface area contributed by atoms with Gasteiger partial charge < -0.3 is 4.74 Å². The number of methoxy groups -OCH3 is 1. The summed E-state index contributed by atoms with van der Waals surface area (Å²) in [6.45, 7) is 0. The first-order chi connectivity index (χ1) is 13.7. The fourth-order valence-electron chi connectivity index (χ4n) is 3.36. The molecule has 6 nitrogen and oxygen atoms in total. The number of nitrogens with zero attached hydrogens (tertiary/aromatic N) is 3. The second kappa shape index (κ2) is 7.52. The van der Waals surface area contributed by atoms with Crippen LogP contribution in [0.2, 0.25) is 0 Å². The van der Waals surface area contributed by atoms with Gasteiger partial charge in [-0.3, -0.25) is 15.1 Å². The van der Waals surface area contributed by atoms with Gasteiger partial charge in [-0.2, -0.15) is 5.10 Å². The van der Waals surface area contributed by atoms with Crippen molar-refractivity contribution < 1.29 is 9.66 Å². The Bertz CT molecular complexity index is 999. The highest BCUT2D eigenvalue weighted by Gasteiger charge is 2.30. The summed E-state index contributed by atoms with van der Waals surface area (Å²) < 4.78 is 5.27. The minimum absolute atomic E-state index is 0.0403. The third kappa shape index (κ3) is 3.44. The zero-order chi connectivity index (χ0) is 19.5. The Hall–Kier alpha value is -3.67. The van der Waals surface area contributed by atoms with Crippen LogP contribution in [0.1, 0.15) is 23.6 Å². The molecule has 0 fully saturated rings. The fraction of sp³-hybridized carbons (Fsp3) is 0.136. The molecule has 0 aromatic heterocycles. The van der Waals surface area contributed by atoms with Crippen molar-refractivity contribution in [3.63, 3.8) is 0 Å². The van der Waals surface area contributed by atoms with Gasteiger partial charge in [0.05, 0.1) is 29.5 Å². The molecule has 0 aliphatic carbocycles. The quantitative estimate of drug-likeness (QED) is 0.468. The average Bonchev–Trinajstić information content (AvgIpc) is 3.20. The first-order valence-electron chi connectivity index (χ1n) is 8.96. The van der Waals surface area contributed by atoms with Crippen molar-refractivity contribution in [3.05, 3.63) is 100 Å². The van der Waals surface area contributed by atoms with Crippen LogP contribution in [0.15, 0.2) is 84.0 Å². The number of hydrogen-bond donors (Lipinski definition) is 0. The standard InChI is InChI=1S/C22H19N3O3/c1-28-20-13-9-17(10-14-20)22-15-21(16-7-11-19(12-8-16)25(26)27)23-24(22)18-5-3-2-4-6-18/h2-14,22H,15H2,1H3. The molecular weight excluding hydrogens is 354 g/mol. The van der Waals surface area contributed by atoms with E-state index in [0.717, 1.165) is 28.3 Å². The first-order valence-corrected chi connectivity index (χ1v) is 8.96. The summed E-state index contributed by atoms with van der Waals surface area (Å²) in [6, 6.07) is 24.6. The molecule has 0 radical (unpaired) electrons. The summed E-state index contributed by atoms with van der Waals surface area (Å²) >= 11 is 0. The molecule has 0 saturated carbocycles. The lowest BCUT2D eigenvalue weighted by Gasteiger charge is -2.24. The summed E-state index contributed by atoms with van der Waals surface area (Å²) in [7, 11) is 1.65. The van der Waals surface area contributed by atoms with Gasteiger partial charge in [0.2, 0.25) is 0 Å². The van der Waals surface area contributed by atoms with E-state index in [9.17, 15) is 10.1 Å². The number of ether oxygens (including phenoxy) is 1. The Morgan fingerprint density at radius 3 is 2.29 bits per heavy atom. The first kappa shape index (κ1) is 17.7. The third-order valence-electron chi connectivity index (χ3n) is 4.84. The molecule has 0 bridgehead atoms. The molecule has 1 aliphatic heterocycles. The monoisotopic (exact) mass is 373 g/mol. The summed E-state index contributed by atoms with van der Waals surface area (Å²) in [6.07, 6.45) is 0.707. The molecule has 4 rings (SSSR count). The van der Waals surface area contributed by atoms with Crippen LogP contribution in [0, 0.1) is 10.1 Å². The van der Waals surface area contributed by atoms with Crippen LogP contribution in [0.3, 0.4) is 0 Å². The Kier molecular flexibility index (Phi) is 4.76. The Morgan fingerprint density at radius 2 is 1.68 bits per heavy atom. The van der Waals surface area contributed by atoms with E-state index in [1.165, 1.54) is 12.1 Å². The molecule has 1 heterocycles. The maximum atomic E-state index is 10.9. The van der Waals surface area contributed by atoms with Crippen LogP contribution in [-0.2, 0) is 0 Å². The summed E-state index contributed by atoms with van der Waals surface area (Å²) in [5.41, 5.74) is 4.00. The number of non-ortho nitro benzene ring substituents is 1. The summed E-state index contributed by atoms with van der Waals surface area (Å²) in [5, 5.41) is 17.8. The second-order valence-corrected chi connectivity index (χ2v) is 6.52. The van der Waals surface area contributed by atoms with Crippen molar-refractivity contribution in [1.29, 1.82) is 0 Å². The van der Waals surface area contributed by atoms with E-state index in [2.05, 4.69) is 0 Å². The molecule has 140 valence electrons. The van der Waals surface area contributed by atoms with Gasteiger partial charge in [0, 0.05) is 18.6 Å². The maximum Gasteiger partial charge on any atom is 0.269 e. The Labute approximate surface area is 162 Å². The van der Waals surface area contributed by atoms with Crippen LogP contribution in [-0.4, -0.2) is 17.7 Å². The van der Waals surface area contributed by atoms with Gasteiger partial charge in [0.1, 0.15) is 5.75 Å². The SMILES string of the molecule is COc1ccc(C2CC(c3ccc([N+](=O)[O-])cc3)=NN2c2ccccc2)cc1. The molecule has 0 saturated heterocycles. The van der Waals surface area contributed by atoms with Crippen molar-refractivity contribution >= 4 is 17.1 Å². The molecule has 3 aromatic carbocycles. The minimum Gasteiger partial charge on any atom is -0.497 e. The van der Waals surface area contributed by atoms with Crippen molar-refractivity contribution in [2.75, 3.05) is 12.1 Å². The number of hydrogen-bond acceptors (Lipinski definition) is 5. The highest BCUT2D eigenvalue weighted by Crippen LogP contribution is 2.37. The minimum atomic E-state index is -0.392. The maximum absolute atomic E-state index is 10.9.